The van der Waals surface area contributed by atoms with Crippen LogP contribution in [0.25, 0.3) is 15.9 Å². The van der Waals surface area contributed by atoms with Crippen LogP contribution in [0.1, 0.15) is 23.2 Å². The van der Waals surface area contributed by atoms with E-state index >= 15 is 0 Å². The molecule has 0 saturated heterocycles. The molecule has 1 atom stereocenters. The maximum Gasteiger partial charge on any atom is 0.230 e. The number of pyridine rings is 1. The number of hydrogen-bond donors (Lipinski definition) is 1. The lowest BCUT2D eigenvalue weighted by Crippen LogP contribution is -2.44. The van der Waals surface area contributed by atoms with Crippen molar-refractivity contribution in [3.05, 3.63) is 101 Å². The Labute approximate surface area is 190 Å². The van der Waals surface area contributed by atoms with E-state index in [-0.39, 0.29) is 5.91 Å². The first kappa shape index (κ1) is 20.4. The molecule has 160 valence electrons. The van der Waals surface area contributed by atoms with E-state index in [1.807, 2.05) is 90.4 Å². The molecule has 0 bridgehead atoms. The molecular formula is C26H24N4OS. The van der Waals surface area contributed by atoms with Crippen molar-refractivity contribution < 1.29 is 4.79 Å². The molecule has 1 unspecified atom stereocenters. The molecule has 5 rings (SSSR count). The van der Waals surface area contributed by atoms with Gasteiger partial charge in [0.05, 0.1) is 26.3 Å². The van der Waals surface area contributed by atoms with E-state index < -0.39 is 5.41 Å². The summed E-state index contributed by atoms with van der Waals surface area (Å²) in [5.41, 5.74) is 3.14. The topological polar surface area (TPSA) is 59.3 Å². The van der Waals surface area contributed by atoms with Gasteiger partial charge in [0.1, 0.15) is 5.65 Å². The Morgan fingerprint density at radius 3 is 2.59 bits per heavy atom. The molecule has 0 aliphatic heterocycles. The van der Waals surface area contributed by atoms with Gasteiger partial charge in [0.15, 0.2) is 0 Å². The van der Waals surface area contributed by atoms with E-state index in [0.717, 1.165) is 32.1 Å². The third-order valence-electron chi connectivity index (χ3n) is 5.84. The summed E-state index contributed by atoms with van der Waals surface area (Å²) in [5.74, 6) is 0.00622. The van der Waals surface area contributed by atoms with Crippen LogP contribution in [0.4, 0.5) is 0 Å². The molecule has 3 aromatic heterocycles. The molecular weight excluding hydrogens is 416 g/mol. The molecule has 32 heavy (non-hydrogen) atoms. The van der Waals surface area contributed by atoms with Crippen LogP contribution in [0.15, 0.2) is 85.2 Å². The number of thiazole rings is 1. The van der Waals surface area contributed by atoms with Crippen LogP contribution in [0.5, 0.6) is 0 Å². The van der Waals surface area contributed by atoms with Gasteiger partial charge in [0, 0.05) is 31.8 Å². The number of nitrogens with zero attached hydrogens (tertiary/aromatic N) is 3. The van der Waals surface area contributed by atoms with E-state index in [1.165, 1.54) is 0 Å². The summed E-state index contributed by atoms with van der Waals surface area (Å²) in [6, 6.07) is 24.0. The van der Waals surface area contributed by atoms with E-state index in [9.17, 15) is 4.79 Å². The van der Waals surface area contributed by atoms with Gasteiger partial charge in [0.2, 0.25) is 5.91 Å². The minimum absolute atomic E-state index is 0.00622. The predicted octanol–water partition coefficient (Wildman–Crippen LogP) is 4.80. The molecule has 1 N–H and O–H groups in total. The van der Waals surface area contributed by atoms with Crippen molar-refractivity contribution in [2.24, 2.45) is 0 Å². The Morgan fingerprint density at radius 2 is 1.78 bits per heavy atom. The lowest BCUT2D eigenvalue weighted by Gasteiger charge is -2.28. The number of amides is 1. The smallest absolute Gasteiger partial charge is 0.230 e. The fraction of sp³-hybridized carbons (Fsp3) is 0.192. The molecule has 3 heterocycles. The normalized spacial score (nSPS) is 13.3. The number of aromatic nitrogens is 3. The summed E-state index contributed by atoms with van der Waals surface area (Å²) in [7, 11) is 0. The number of imidazole rings is 1. The van der Waals surface area contributed by atoms with Gasteiger partial charge in [-0.05, 0) is 36.8 Å². The highest BCUT2D eigenvalue weighted by atomic mass is 32.1. The van der Waals surface area contributed by atoms with Crippen molar-refractivity contribution in [2.45, 2.75) is 25.2 Å². The molecule has 0 spiro atoms. The Bertz CT molecular complexity index is 1310. The molecule has 5 aromatic rings. The average Bonchev–Trinajstić information content (AvgIpc) is 3.42. The van der Waals surface area contributed by atoms with E-state index in [2.05, 4.69) is 16.4 Å². The van der Waals surface area contributed by atoms with E-state index in [1.54, 1.807) is 11.3 Å². The van der Waals surface area contributed by atoms with Crippen LogP contribution in [0, 0.1) is 0 Å². The maximum absolute atomic E-state index is 13.5. The number of rotatable bonds is 7. The van der Waals surface area contributed by atoms with E-state index in [4.69, 9.17) is 4.98 Å². The quantitative estimate of drug-likeness (QED) is 0.395. The molecule has 2 aromatic carbocycles. The van der Waals surface area contributed by atoms with Crippen LogP contribution in [-0.2, 0) is 23.1 Å². The standard InChI is InChI=1S/C26H24N4OS/c1-26(19-9-3-2-4-10-19,17-24-29-21-11-5-6-12-22(21)32-24)25(31)27-15-14-20-18-30-16-8-7-13-23(30)28-20/h2-13,16,18H,14-15,17H2,1H3,(H,27,31). The molecule has 0 radical (unpaired) electrons. The Balaban J connectivity index is 1.35. The number of nitrogens with one attached hydrogen (secondary N) is 1. The number of fused-ring (bicyclic) bond motifs is 2. The average molecular weight is 441 g/mol. The van der Waals surface area contributed by atoms with Gasteiger partial charge in [-0.2, -0.15) is 0 Å². The monoisotopic (exact) mass is 440 g/mol. The second kappa shape index (κ2) is 8.55. The molecule has 1 amide bonds. The highest BCUT2D eigenvalue weighted by molar-refractivity contribution is 7.18. The van der Waals surface area contributed by atoms with Gasteiger partial charge in [-0.25, -0.2) is 9.97 Å². The summed E-state index contributed by atoms with van der Waals surface area (Å²) in [6.07, 6.45) is 5.23. The Morgan fingerprint density at radius 1 is 1.00 bits per heavy atom. The molecule has 0 saturated carbocycles. The Kier molecular flexibility index (Phi) is 5.45. The van der Waals surface area contributed by atoms with Crippen molar-refractivity contribution >= 4 is 33.1 Å². The summed E-state index contributed by atoms with van der Waals surface area (Å²) in [6.45, 7) is 2.54. The largest absolute Gasteiger partial charge is 0.355 e. The van der Waals surface area contributed by atoms with Crippen LogP contribution < -0.4 is 5.32 Å². The summed E-state index contributed by atoms with van der Waals surface area (Å²) in [5, 5.41) is 4.12. The van der Waals surface area contributed by atoms with Crippen molar-refractivity contribution in [2.75, 3.05) is 6.54 Å². The number of para-hydroxylation sites is 1. The highest BCUT2D eigenvalue weighted by Crippen LogP contribution is 2.32. The SMILES string of the molecule is CC(Cc1nc2ccccc2s1)(C(=O)NCCc1cn2ccccc2n1)c1ccccc1. The lowest BCUT2D eigenvalue weighted by atomic mass is 9.78. The van der Waals surface area contributed by atoms with Gasteiger partial charge in [0.25, 0.3) is 0 Å². The first-order valence-electron chi connectivity index (χ1n) is 10.7. The zero-order chi connectivity index (χ0) is 22.0. The molecule has 0 aliphatic rings. The second-order valence-electron chi connectivity index (χ2n) is 8.15. The maximum atomic E-state index is 13.5. The fourth-order valence-corrected chi connectivity index (χ4v) is 5.15. The molecule has 6 heteroatoms. The number of carbonyl (C=O) groups is 1. The second-order valence-corrected chi connectivity index (χ2v) is 9.27. The number of benzene rings is 2. The van der Waals surface area contributed by atoms with Crippen LogP contribution in [0.3, 0.4) is 0 Å². The van der Waals surface area contributed by atoms with Crippen molar-refractivity contribution in [1.29, 1.82) is 0 Å². The predicted molar refractivity (Wildman–Crippen MR) is 129 cm³/mol. The van der Waals surface area contributed by atoms with Crippen LogP contribution in [0.2, 0.25) is 0 Å². The summed E-state index contributed by atoms with van der Waals surface area (Å²) in [4.78, 5) is 22.9. The van der Waals surface area contributed by atoms with Crippen LogP contribution >= 0.6 is 11.3 Å². The van der Waals surface area contributed by atoms with Crippen molar-refractivity contribution in [1.82, 2.24) is 19.7 Å². The van der Waals surface area contributed by atoms with Crippen LogP contribution in [-0.4, -0.2) is 26.8 Å². The fourth-order valence-electron chi connectivity index (χ4n) is 4.02. The third-order valence-corrected chi connectivity index (χ3v) is 6.87. The summed E-state index contributed by atoms with van der Waals surface area (Å²) >= 11 is 1.66. The van der Waals surface area contributed by atoms with Crippen molar-refractivity contribution in [3.8, 4) is 0 Å². The first-order valence-corrected chi connectivity index (χ1v) is 11.5. The minimum atomic E-state index is -0.714. The van der Waals surface area contributed by atoms with Crippen molar-refractivity contribution in [3.63, 3.8) is 0 Å². The van der Waals surface area contributed by atoms with E-state index in [0.29, 0.717) is 19.4 Å². The summed E-state index contributed by atoms with van der Waals surface area (Å²) < 4.78 is 3.14. The number of hydrogen-bond acceptors (Lipinski definition) is 4. The first-order chi connectivity index (χ1) is 15.6. The van der Waals surface area contributed by atoms with Gasteiger partial charge >= 0.3 is 0 Å². The molecule has 0 aliphatic carbocycles. The van der Waals surface area contributed by atoms with Gasteiger partial charge in [-0.3, -0.25) is 4.79 Å². The highest BCUT2D eigenvalue weighted by Gasteiger charge is 2.36. The van der Waals surface area contributed by atoms with Gasteiger partial charge in [-0.1, -0.05) is 48.5 Å². The zero-order valence-corrected chi connectivity index (χ0v) is 18.7. The minimum Gasteiger partial charge on any atom is -0.355 e. The Hall–Kier alpha value is -3.51. The number of carbonyl (C=O) groups excluding carboxylic acids is 1. The molecule has 5 nitrogen and oxygen atoms in total. The third kappa shape index (κ3) is 4.01. The van der Waals surface area contributed by atoms with Gasteiger partial charge < -0.3 is 9.72 Å². The molecule has 0 fully saturated rings. The van der Waals surface area contributed by atoms with Gasteiger partial charge in [-0.15, -0.1) is 11.3 Å². The lowest BCUT2D eigenvalue weighted by molar-refractivity contribution is -0.126. The zero-order valence-electron chi connectivity index (χ0n) is 17.9.